The Morgan fingerprint density at radius 1 is 1.31 bits per heavy atom. The third kappa shape index (κ3) is 3.88. The molecule has 0 saturated carbocycles. The van der Waals surface area contributed by atoms with Crippen LogP contribution in [-0.4, -0.2) is 40.1 Å². The van der Waals surface area contributed by atoms with Crippen molar-refractivity contribution >= 4 is 23.3 Å². The molecule has 2 unspecified atom stereocenters. The molecule has 2 amide bonds. The number of nitrogens with zero attached hydrogens (tertiary/aromatic N) is 2. The van der Waals surface area contributed by atoms with Crippen molar-refractivity contribution in [1.29, 1.82) is 0 Å². The topological polar surface area (TPSA) is 82.5 Å². The molecule has 1 fully saturated rings. The van der Waals surface area contributed by atoms with E-state index < -0.39 is 11.9 Å². The van der Waals surface area contributed by atoms with Gasteiger partial charge in [0.05, 0.1) is 22.5 Å². The number of thiazole rings is 1. The molecule has 2 aromatic rings. The average molecular weight is 373 g/mol. The molecule has 26 heavy (non-hydrogen) atoms. The van der Waals surface area contributed by atoms with Gasteiger partial charge in [-0.15, -0.1) is 11.3 Å². The van der Waals surface area contributed by atoms with Gasteiger partial charge in [0, 0.05) is 18.7 Å². The number of carbonyl (C=O) groups is 2. The van der Waals surface area contributed by atoms with Crippen LogP contribution in [0.4, 0.5) is 4.79 Å². The molecular weight excluding hydrogens is 350 g/mol. The van der Waals surface area contributed by atoms with Gasteiger partial charge in [0.25, 0.3) is 0 Å². The van der Waals surface area contributed by atoms with Gasteiger partial charge in [-0.3, -0.25) is 4.79 Å². The SMILES string of the molecule is Cc1ccc(-c2nc(C)c(C(C)NC(=O)N3CCC(C(=O)O)C3)s2)cc1. The predicted octanol–water partition coefficient (Wildman–Crippen LogP) is 3.60. The van der Waals surface area contributed by atoms with Gasteiger partial charge in [-0.2, -0.15) is 0 Å². The maximum Gasteiger partial charge on any atom is 0.317 e. The zero-order valence-electron chi connectivity index (χ0n) is 15.2. The molecule has 0 bridgehead atoms. The summed E-state index contributed by atoms with van der Waals surface area (Å²) in [6.07, 6.45) is 0.508. The minimum atomic E-state index is -0.839. The average Bonchev–Trinajstić information content (AvgIpc) is 3.22. The molecule has 1 aliphatic heterocycles. The van der Waals surface area contributed by atoms with Crippen LogP contribution < -0.4 is 5.32 Å². The summed E-state index contributed by atoms with van der Waals surface area (Å²) in [4.78, 5) is 30.7. The molecule has 6 nitrogen and oxygen atoms in total. The first-order chi connectivity index (χ1) is 12.3. The fourth-order valence-corrected chi connectivity index (χ4v) is 4.19. The van der Waals surface area contributed by atoms with E-state index in [0.29, 0.717) is 13.0 Å². The molecule has 1 aliphatic rings. The van der Waals surface area contributed by atoms with Gasteiger partial charge in [-0.05, 0) is 27.2 Å². The van der Waals surface area contributed by atoms with Crippen molar-refractivity contribution in [3.63, 3.8) is 0 Å². The lowest BCUT2D eigenvalue weighted by atomic mass is 10.1. The molecule has 2 N–H and O–H groups in total. The number of aryl methyl sites for hydroxylation is 2. The van der Waals surface area contributed by atoms with Gasteiger partial charge in [0.15, 0.2) is 0 Å². The number of benzene rings is 1. The Balaban J connectivity index is 1.68. The van der Waals surface area contributed by atoms with Gasteiger partial charge in [0.1, 0.15) is 5.01 Å². The minimum absolute atomic E-state index is 0.178. The molecule has 3 rings (SSSR count). The zero-order valence-corrected chi connectivity index (χ0v) is 16.0. The highest BCUT2D eigenvalue weighted by Crippen LogP contribution is 2.32. The van der Waals surface area contributed by atoms with Crippen molar-refractivity contribution in [3.8, 4) is 10.6 Å². The van der Waals surface area contributed by atoms with E-state index in [9.17, 15) is 9.59 Å². The van der Waals surface area contributed by atoms with E-state index in [-0.39, 0.29) is 18.6 Å². The second-order valence-electron chi connectivity index (χ2n) is 6.78. The summed E-state index contributed by atoms with van der Waals surface area (Å²) < 4.78 is 0. The third-order valence-corrected chi connectivity index (χ3v) is 6.08. The van der Waals surface area contributed by atoms with Crippen LogP contribution in [-0.2, 0) is 4.79 Å². The third-order valence-electron chi connectivity index (χ3n) is 4.69. The van der Waals surface area contributed by atoms with E-state index in [1.807, 2.05) is 20.8 Å². The maximum atomic E-state index is 12.4. The molecule has 0 aliphatic carbocycles. The number of nitrogens with one attached hydrogen (secondary N) is 1. The standard InChI is InChI=1S/C19H23N3O3S/c1-11-4-6-14(7-5-11)17-20-12(2)16(26-17)13(3)21-19(25)22-9-8-15(10-22)18(23)24/h4-7,13,15H,8-10H2,1-3H3,(H,21,25)(H,23,24). The number of rotatable bonds is 4. The van der Waals surface area contributed by atoms with Crippen LogP contribution in [0.5, 0.6) is 0 Å². The number of carboxylic acid groups (broad SMARTS) is 1. The molecule has 1 aromatic heterocycles. The summed E-state index contributed by atoms with van der Waals surface area (Å²) >= 11 is 1.58. The highest BCUT2D eigenvalue weighted by atomic mass is 32.1. The highest BCUT2D eigenvalue weighted by Gasteiger charge is 2.31. The van der Waals surface area contributed by atoms with Gasteiger partial charge in [-0.1, -0.05) is 29.8 Å². The summed E-state index contributed by atoms with van der Waals surface area (Å²) in [5, 5.41) is 13.0. The molecule has 1 aromatic carbocycles. The lowest BCUT2D eigenvalue weighted by molar-refractivity contribution is -0.141. The number of hydrogen-bond acceptors (Lipinski definition) is 4. The van der Waals surface area contributed by atoms with Crippen LogP contribution >= 0.6 is 11.3 Å². The van der Waals surface area contributed by atoms with Gasteiger partial charge in [-0.25, -0.2) is 9.78 Å². The second-order valence-corrected chi connectivity index (χ2v) is 7.81. The molecule has 7 heteroatoms. The zero-order chi connectivity index (χ0) is 18.8. The van der Waals surface area contributed by atoms with Crippen LogP contribution in [0, 0.1) is 19.8 Å². The van der Waals surface area contributed by atoms with Crippen LogP contribution in [0.1, 0.15) is 35.5 Å². The van der Waals surface area contributed by atoms with Crippen molar-refractivity contribution < 1.29 is 14.7 Å². The largest absolute Gasteiger partial charge is 0.481 e. The second kappa shape index (κ2) is 7.45. The number of aliphatic carboxylic acids is 1. The number of urea groups is 1. The Kier molecular flexibility index (Phi) is 5.27. The predicted molar refractivity (Wildman–Crippen MR) is 101 cm³/mol. The van der Waals surface area contributed by atoms with Gasteiger partial charge >= 0.3 is 12.0 Å². The quantitative estimate of drug-likeness (QED) is 0.858. The fourth-order valence-electron chi connectivity index (χ4n) is 3.12. The van der Waals surface area contributed by atoms with Crippen molar-refractivity contribution in [2.75, 3.05) is 13.1 Å². The number of aromatic nitrogens is 1. The monoisotopic (exact) mass is 373 g/mol. The first-order valence-corrected chi connectivity index (χ1v) is 9.49. The van der Waals surface area contributed by atoms with E-state index in [0.717, 1.165) is 21.1 Å². The van der Waals surface area contributed by atoms with Crippen molar-refractivity contribution in [1.82, 2.24) is 15.2 Å². The van der Waals surface area contributed by atoms with E-state index in [4.69, 9.17) is 5.11 Å². The molecule has 0 radical (unpaired) electrons. The lowest BCUT2D eigenvalue weighted by Gasteiger charge is -2.20. The summed E-state index contributed by atoms with van der Waals surface area (Å²) in [6.45, 7) is 6.67. The molecule has 0 spiro atoms. The molecule has 138 valence electrons. The van der Waals surface area contributed by atoms with Crippen LogP contribution in [0.25, 0.3) is 10.6 Å². The van der Waals surface area contributed by atoms with Crippen molar-refractivity contribution in [2.45, 2.75) is 33.2 Å². The summed E-state index contributed by atoms with van der Waals surface area (Å²) in [5.41, 5.74) is 3.17. The number of carboxylic acids is 1. The summed E-state index contributed by atoms with van der Waals surface area (Å²) in [5.74, 6) is -1.30. The van der Waals surface area contributed by atoms with Crippen LogP contribution in [0.3, 0.4) is 0 Å². The number of amides is 2. The van der Waals surface area contributed by atoms with Crippen LogP contribution in [0.2, 0.25) is 0 Å². The van der Waals surface area contributed by atoms with Gasteiger partial charge in [0.2, 0.25) is 0 Å². The molecule has 1 saturated heterocycles. The smallest absolute Gasteiger partial charge is 0.317 e. The first-order valence-electron chi connectivity index (χ1n) is 8.67. The normalized spacial score (nSPS) is 18.0. The Morgan fingerprint density at radius 2 is 2.00 bits per heavy atom. The fraction of sp³-hybridized carbons (Fsp3) is 0.421. The summed E-state index contributed by atoms with van der Waals surface area (Å²) in [7, 11) is 0. The molecular formula is C19H23N3O3S. The van der Waals surface area contributed by atoms with Crippen molar-refractivity contribution in [3.05, 3.63) is 40.4 Å². The molecule has 2 atom stereocenters. The Bertz CT molecular complexity index is 816. The van der Waals surface area contributed by atoms with Gasteiger partial charge < -0.3 is 15.3 Å². The summed E-state index contributed by atoms with van der Waals surface area (Å²) in [6, 6.07) is 7.83. The van der Waals surface area contributed by atoms with E-state index in [1.54, 1.807) is 16.2 Å². The van der Waals surface area contributed by atoms with Crippen LogP contribution in [0.15, 0.2) is 24.3 Å². The Labute approximate surface area is 156 Å². The number of likely N-dealkylation sites (tertiary alicyclic amines) is 1. The maximum absolute atomic E-state index is 12.4. The molecule has 2 heterocycles. The highest BCUT2D eigenvalue weighted by molar-refractivity contribution is 7.15. The Hall–Kier alpha value is -2.41. The lowest BCUT2D eigenvalue weighted by Crippen LogP contribution is -2.40. The van der Waals surface area contributed by atoms with E-state index in [1.165, 1.54) is 5.56 Å². The van der Waals surface area contributed by atoms with Crippen molar-refractivity contribution in [2.24, 2.45) is 5.92 Å². The number of hydrogen-bond donors (Lipinski definition) is 2. The van der Waals surface area contributed by atoms with E-state index >= 15 is 0 Å². The minimum Gasteiger partial charge on any atom is -0.481 e. The first kappa shape index (κ1) is 18.4. The number of carbonyl (C=O) groups excluding carboxylic acids is 1. The van der Waals surface area contributed by atoms with E-state index in [2.05, 4.69) is 34.6 Å². The Morgan fingerprint density at radius 3 is 2.62 bits per heavy atom.